The number of hydrogen-bond acceptors (Lipinski definition) is 5. The van der Waals surface area contributed by atoms with E-state index in [0.717, 1.165) is 71.0 Å². The number of hydrogen-bond donors (Lipinski definition) is 3. The third-order valence-corrected chi connectivity index (χ3v) is 10.9. The van der Waals surface area contributed by atoms with Crippen LogP contribution < -0.4 is 10.6 Å². The van der Waals surface area contributed by atoms with E-state index in [1.54, 1.807) is 0 Å². The molecule has 0 aromatic heterocycles. The zero-order chi connectivity index (χ0) is 37.1. The summed E-state index contributed by atoms with van der Waals surface area (Å²) in [7, 11) is 0. The van der Waals surface area contributed by atoms with Gasteiger partial charge < -0.3 is 20.1 Å². The van der Waals surface area contributed by atoms with Crippen LogP contribution in [0.5, 0.6) is 0 Å². The summed E-state index contributed by atoms with van der Waals surface area (Å²) in [6.07, 6.45) is 20.1. The molecule has 290 valence electrons. The smallest absolute Gasteiger partial charge is 0.320 e. The van der Waals surface area contributed by atoms with Gasteiger partial charge in [0, 0.05) is 12.0 Å². The molecular formula is C43H79N3O4. The second-order valence-electron chi connectivity index (χ2n) is 15.5. The number of amides is 1. The second kappa shape index (κ2) is 27.7. The summed E-state index contributed by atoms with van der Waals surface area (Å²) in [5, 5.41) is 16.4. The first-order valence-corrected chi connectivity index (χ1v) is 20.7. The Labute approximate surface area is 308 Å². The highest BCUT2D eigenvalue weighted by Gasteiger charge is 2.34. The summed E-state index contributed by atoms with van der Waals surface area (Å²) < 4.78 is 6.57. The number of nitrogens with one attached hydrogen (secondary N) is 2. The Kier molecular flexibility index (Phi) is 25.5. The maximum Gasteiger partial charge on any atom is 0.320 e. The van der Waals surface area contributed by atoms with Crippen LogP contribution in [-0.4, -0.2) is 66.4 Å². The molecule has 0 radical (unpaired) electrons. The summed E-state index contributed by atoms with van der Waals surface area (Å²) >= 11 is 0. The minimum Gasteiger partial charge on any atom is -0.480 e. The quantitative estimate of drug-likeness (QED) is 0.0499. The van der Waals surface area contributed by atoms with Crippen LogP contribution in [0.3, 0.4) is 0 Å². The number of ether oxygens (including phenoxy) is 1. The minimum absolute atomic E-state index is 0.154. The van der Waals surface area contributed by atoms with Crippen LogP contribution in [0.15, 0.2) is 30.3 Å². The molecule has 0 bridgehead atoms. The fraction of sp³-hybridized carbons (Fsp3) is 0.814. The zero-order valence-electron chi connectivity index (χ0n) is 33.6. The number of aliphatic carboxylic acids is 1. The van der Waals surface area contributed by atoms with Gasteiger partial charge in [-0.3, -0.25) is 14.9 Å². The van der Waals surface area contributed by atoms with Gasteiger partial charge in [-0.1, -0.05) is 136 Å². The molecule has 1 aromatic rings. The Morgan fingerprint density at radius 3 is 1.94 bits per heavy atom. The molecule has 7 heteroatoms. The van der Waals surface area contributed by atoms with E-state index in [-0.39, 0.29) is 18.6 Å². The second-order valence-corrected chi connectivity index (χ2v) is 15.5. The Balaban J connectivity index is 2.75. The van der Waals surface area contributed by atoms with E-state index in [4.69, 9.17) is 4.74 Å². The minimum atomic E-state index is -0.810. The average molecular weight is 702 g/mol. The van der Waals surface area contributed by atoms with Crippen molar-refractivity contribution in [3.05, 3.63) is 35.9 Å². The SMILES string of the molecule is CCCCCCCCCCC(NCOC(C)(CCCC(C)(CC)C(=O)NCCCN(CCCC)CCCC)CC(C)c1ccccc1)C(=O)O. The molecule has 3 N–H and O–H groups in total. The molecule has 50 heavy (non-hydrogen) atoms. The topological polar surface area (TPSA) is 90.9 Å². The molecule has 1 aromatic carbocycles. The van der Waals surface area contributed by atoms with Crippen LogP contribution in [0.2, 0.25) is 0 Å². The van der Waals surface area contributed by atoms with Gasteiger partial charge in [0.05, 0.1) is 12.3 Å². The van der Waals surface area contributed by atoms with Crippen LogP contribution in [0.1, 0.15) is 182 Å². The van der Waals surface area contributed by atoms with Crippen molar-refractivity contribution >= 4 is 11.9 Å². The van der Waals surface area contributed by atoms with Gasteiger partial charge in [-0.15, -0.1) is 0 Å². The highest BCUT2D eigenvalue weighted by Crippen LogP contribution is 2.35. The van der Waals surface area contributed by atoms with Crippen molar-refractivity contribution in [1.29, 1.82) is 0 Å². The lowest BCUT2D eigenvalue weighted by Gasteiger charge is -2.35. The van der Waals surface area contributed by atoms with Crippen molar-refractivity contribution < 1.29 is 19.4 Å². The first kappa shape index (κ1) is 46.1. The maximum atomic E-state index is 13.5. The molecule has 0 aliphatic carbocycles. The Bertz CT molecular complexity index is 984. The highest BCUT2D eigenvalue weighted by molar-refractivity contribution is 5.82. The predicted octanol–water partition coefficient (Wildman–Crippen LogP) is 10.5. The van der Waals surface area contributed by atoms with E-state index in [0.29, 0.717) is 13.0 Å². The first-order chi connectivity index (χ1) is 24.0. The summed E-state index contributed by atoms with van der Waals surface area (Å²) in [4.78, 5) is 28.1. The van der Waals surface area contributed by atoms with Crippen molar-refractivity contribution in [3.8, 4) is 0 Å². The van der Waals surface area contributed by atoms with Crippen molar-refractivity contribution in [2.24, 2.45) is 5.41 Å². The van der Waals surface area contributed by atoms with Gasteiger partial charge >= 0.3 is 5.97 Å². The molecule has 0 aliphatic rings. The van der Waals surface area contributed by atoms with E-state index >= 15 is 0 Å². The number of unbranched alkanes of at least 4 members (excludes halogenated alkanes) is 9. The van der Waals surface area contributed by atoms with Gasteiger partial charge in [0.25, 0.3) is 0 Å². The van der Waals surface area contributed by atoms with Gasteiger partial charge in [-0.25, -0.2) is 0 Å². The highest BCUT2D eigenvalue weighted by atomic mass is 16.5. The molecule has 0 saturated heterocycles. The van der Waals surface area contributed by atoms with Crippen molar-refractivity contribution in [1.82, 2.24) is 15.5 Å². The van der Waals surface area contributed by atoms with Gasteiger partial charge in [0.1, 0.15) is 6.04 Å². The number of nitrogens with zero attached hydrogens (tertiary/aromatic N) is 1. The van der Waals surface area contributed by atoms with Crippen LogP contribution in [0.4, 0.5) is 0 Å². The monoisotopic (exact) mass is 702 g/mol. The van der Waals surface area contributed by atoms with Gasteiger partial charge in [0.15, 0.2) is 0 Å². The number of carboxylic acids is 1. The summed E-state index contributed by atoms with van der Waals surface area (Å²) in [6.45, 7) is 19.6. The molecule has 4 unspecified atom stereocenters. The van der Waals surface area contributed by atoms with E-state index in [9.17, 15) is 14.7 Å². The molecule has 0 fully saturated rings. The normalized spacial score (nSPS) is 15.4. The number of benzene rings is 1. The summed E-state index contributed by atoms with van der Waals surface area (Å²) in [6, 6.07) is 9.92. The van der Waals surface area contributed by atoms with Crippen molar-refractivity contribution in [3.63, 3.8) is 0 Å². The Morgan fingerprint density at radius 2 is 1.36 bits per heavy atom. The molecule has 0 spiro atoms. The summed E-state index contributed by atoms with van der Waals surface area (Å²) in [5.74, 6) is -0.375. The molecule has 1 rings (SSSR count). The van der Waals surface area contributed by atoms with E-state index in [1.165, 1.54) is 69.8 Å². The standard InChI is InChI=1S/C43H79N3O4/c1-8-12-15-16-17-18-19-23-28-39(40(47)48)45-36-50-43(7,35-37(5)38-26-21-20-22-27-38)30-24-29-42(6,11-4)41(49)44-31-25-34-46(32-13-9-2)33-14-10-3/h20-22,26-27,37,39,45H,8-19,23-25,28-36H2,1-7H3,(H,44,49)(H,47,48). The molecule has 1 amide bonds. The number of rotatable bonds is 33. The molecule has 0 saturated carbocycles. The third-order valence-electron chi connectivity index (χ3n) is 10.9. The van der Waals surface area contributed by atoms with Crippen LogP contribution in [0.25, 0.3) is 0 Å². The fourth-order valence-electron chi connectivity index (χ4n) is 7.01. The van der Waals surface area contributed by atoms with Crippen molar-refractivity contribution in [2.75, 3.05) is 32.9 Å². The van der Waals surface area contributed by atoms with Crippen LogP contribution >= 0.6 is 0 Å². The number of carbonyl (C=O) groups excluding carboxylic acids is 1. The molecule has 4 atom stereocenters. The zero-order valence-corrected chi connectivity index (χ0v) is 33.6. The average Bonchev–Trinajstić information content (AvgIpc) is 3.11. The molecule has 0 heterocycles. The summed E-state index contributed by atoms with van der Waals surface area (Å²) in [5.41, 5.74) is 0.378. The van der Waals surface area contributed by atoms with Gasteiger partial charge in [-0.05, 0) is 95.8 Å². The lowest BCUT2D eigenvalue weighted by atomic mass is 9.78. The third kappa shape index (κ3) is 20.2. The van der Waals surface area contributed by atoms with Crippen molar-refractivity contribution in [2.45, 2.75) is 188 Å². The van der Waals surface area contributed by atoms with E-state index in [1.807, 2.05) is 6.07 Å². The largest absolute Gasteiger partial charge is 0.480 e. The van der Waals surface area contributed by atoms with E-state index in [2.05, 4.69) is 88.3 Å². The first-order valence-electron chi connectivity index (χ1n) is 20.7. The molecule has 7 nitrogen and oxygen atoms in total. The molecule has 0 aliphatic heterocycles. The lowest BCUT2D eigenvalue weighted by Crippen LogP contribution is -2.42. The lowest BCUT2D eigenvalue weighted by molar-refractivity contribution is -0.141. The van der Waals surface area contributed by atoms with Crippen LogP contribution in [0, 0.1) is 5.41 Å². The van der Waals surface area contributed by atoms with Gasteiger partial charge in [0.2, 0.25) is 5.91 Å². The van der Waals surface area contributed by atoms with E-state index < -0.39 is 23.0 Å². The maximum absolute atomic E-state index is 13.5. The van der Waals surface area contributed by atoms with Gasteiger partial charge in [-0.2, -0.15) is 0 Å². The fourth-order valence-corrected chi connectivity index (χ4v) is 7.01. The molecular weight excluding hydrogens is 622 g/mol. The number of carboxylic acid groups (broad SMARTS) is 1. The predicted molar refractivity (Wildman–Crippen MR) is 212 cm³/mol. The Hall–Kier alpha value is -1.96. The number of carbonyl (C=O) groups is 2. The Morgan fingerprint density at radius 1 is 0.780 bits per heavy atom. The van der Waals surface area contributed by atoms with Crippen LogP contribution in [-0.2, 0) is 14.3 Å².